The molecule has 1 heterocycles. The van der Waals surface area contributed by atoms with Crippen LogP contribution in [-0.2, 0) is 13.0 Å². The largest absolute Gasteiger partial charge is 0.487 e. The third-order valence-electron chi connectivity index (χ3n) is 2.45. The van der Waals surface area contributed by atoms with Gasteiger partial charge in [0.25, 0.3) is 0 Å². The molecule has 2 rings (SSSR count). The summed E-state index contributed by atoms with van der Waals surface area (Å²) >= 11 is 0. The van der Waals surface area contributed by atoms with Gasteiger partial charge in [-0.15, -0.1) is 0 Å². The molecule has 0 saturated carbocycles. The molecule has 0 fully saturated rings. The molecule has 0 radical (unpaired) electrons. The molecule has 90 valence electrons. The number of nitrogens with zero attached hydrogens (tertiary/aromatic N) is 2. The molecule has 0 atom stereocenters. The highest BCUT2D eigenvalue weighted by Crippen LogP contribution is 2.15. The highest BCUT2D eigenvalue weighted by molar-refractivity contribution is 5.28. The van der Waals surface area contributed by atoms with Crippen molar-refractivity contribution in [1.82, 2.24) is 10.3 Å². The molecule has 0 aliphatic carbocycles. The Labute approximate surface area is 99.5 Å². The van der Waals surface area contributed by atoms with Crippen molar-refractivity contribution in [2.45, 2.75) is 20.0 Å². The fourth-order valence-electron chi connectivity index (χ4n) is 1.49. The van der Waals surface area contributed by atoms with Crippen LogP contribution < -0.4 is 10.5 Å². The van der Waals surface area contributed by atoms with Crippen LogP contribution in [0.5, 0.6) is 5.75 Å². The molecule has 0 saturated heterocycles. The zero-order valence-electron chi connectivity index (χ0n) is 9.72. The molecule has 0 amide bonds. The van der Waals surface area contributed by atoms with Crippen LogP contribution in [0.4, 0.5) is 0 Å². The smallest absolute Gasteiger partial charge is 0.145 e. The predicted molar refractivity (Wildman–Crippen MR) is 62.6 cm³/mol. The molecule has 2 N–H and O–H groups in total. The number of benzene rings is 1. The van der Waals surface area contributed by atoms with E-state index in [0.717, 1.165) is 17.9 Å². The van der Waals surface area contributed by atoms with Crippen LogP contribution in [0.15, 0.2) is 28.9 Å². The van der Waals surface area contributed by atoms with Gasteiger partial charge in [-0.3, -0.25) is 0 Å². The summed E-state index contributed by atoms with van der Waals surface area (Å²) in [6.45, 7) is 2.83. The first-order valence-electron chi connectivity index (χ1n) is 5.49. The summed E-state index contributed by atoms with van der Waals surface area (Å²) in [6, 6.07) is 7.87. The Morgan fingerprint density at radius 3 is 2.94 bits per heavy atom. The molecule has 2 aromatic rings. The molecule has 5 heteroatoms. The summed E-state index contributed by atoms with van der Waals surface area (Å²) in [4.78, 5) is 0. The Hall–Kier alpha value is -1.88. The number of ether oxygens (including phenoxy) is 1. The summed E-state index contributed by atoms with van der Waals surface area (Å²) in [5.41, 5.74) is 8.15. The zero-order chi connectivity index (χ0) is 12.1. The van der Waals surface area contributed by atoms with Gasteiger partial charge in [0.1, 0.15) is 23.7 Å². The molecule has 0 bridgehead atoms. The van der Waals surface area contributed by atoms with E-state index in [9.17, 15) is 0 Å². The lowest BCUT2D eigenvalue weighted by molar-refractivity contribution is 0.270. The average molecular weight is 233 g/mol. The Kier molecular flexibility index (Phi) is 3.72. The van der Waals surface area contributed by atoms with Crippen LogP contribution in [0, 0.1) is 6.92 Å². The van der Waals surface area contributed by atoms with Gasteiger partial charge < -0.3 is 10.5 Å². The minimum atomic E-state index is 0.363. The van der Waals surface area contributed by atoms with Crippen molar-refractivity contribution < 1.29 is 9.37 Å². The van der Waals surface area contributed by atoms with E-state index in [4.69, 9.17) is 10.5 Å². The lowest BCUT2D eigenvalue weighted by atomic mass is 10.1. The highest BCUT2D eigenvalue weighted by Gasteiger charge is 2.05. The van der Waals surface area contributed by atoms with Gasteiger partial charge in [0.2, 0.25) is 0 Å². The summed E-state index contributed by atoms with van der Waals surface area (Å²) in [7, 11) is 0. The SMILES string of the molecule is Cc1nonc1COc1cccc(CCN)c1. The van der Waals surface area contributed by atoms with Gasteiger partial charge in [-0.05, 0) is 37.6 Å². The first kappa shape index (κ1) is 11.6. The summed E-state index contributed by atoms with van der Waals surface area (Å²) < 4.78 is 10.2. The van der Waals surface area contributed by atoms with Gasteiger partial charge in [-0.2, -0.15) is 0 Å². The van der Waals surface area contributed by atoms with Crippen molar-refractivity contribution in [2.24, 2.45) is 5.73 Å². The molecule has 17 heavy (non-hydrogen) atoms. The van der Waals surface area contributed by atoms with Crippen LogP contribution in [0.1, 0.15) is 17.0 Å². The minimum Gasteiger partial charge on any atom is -0.487 e. The second kappa shape index (κ2) is 5.45. The molecular formula is C12H15N3O2. The van der Waals surface area contributed by atoms with Crippen LogP contribution in [0.2, 0.25) is 0 Å². The third-order valence-corrected chi connectivity index (χ3v) is 2.45. The fourth-order valence-corrected chi connectivity index (χ4v) is 1.49. The van der Waals surface area contributed by atoms with E-state index in [1.165, 1.54) is 5.56 Å². The second-order valence-corrected chi connectivity index (χ2v) is 3.77. The maximum atomic E-state index is 5.61. The number of aryl methyl sites for hydroxylation is 1. The number of rotatable bonds is 5. The standard InChI is InChI=1S/C12H15N3O2/c1-9-12(15-17-14-9)8-16-11-4-2-3-10(7-11)5-6-13/h2-4,7H,5-6,8,13H2,1H3. The normalized spacial score (nSPS) is 10.5. The topological polar surface area (TPSA) is 74.2 Å². The van der Waals surface area contributed by atoms with Gasteiger partial charge in [-0.1, -0.05) is 22.4 Å². The monoisotopic (exact) mass is 233 g/mol. The molecule has 1 aromatic carbocycles. The summed E-state index contributed by atoms with van der Waals surface area (Å²) in [5, 5.41) is 7.45. The molecule has 5 nitrogen and oxygen atoms in total. The molecule has 0 unspecified atom stereocenters. The Balaban J connectivity index is 1.99. The van der Waals surface area contributed by atoms with Gasteiger partial charge >= 0.3 is 0 Å². The predicted octanol–water partition coefficient (Wildman–Crippen LogP) is 1.46. The van der Waals surface area contributed by atoms with E-state index < -0.39 is 0 Å². The number of nitrogens with two attached hydrogens (primary N) is 1. The van der Waals surface area contributed by atoms with Crippen LogP contribution in [0.3, 0.4) is 0 Å². The number of hydrogen-bond donors (Lipinski definition) is 1. The van der Waals surface area contributed by atoms with E-state index in [0.29, 0.717) is 18.8 Å². The van der Waals surface area contributed by atoms with E-state index in [-0.39, 0.29) is 0 Å². The minimum absolute atomic E-state index is 0.363. The lowest BCUT2D eigenvalue weighted by Gasteiger charge is -2.06. The van der Waals surface area contributed by atoms with Crippen molar-refractivity contribution in [3.63, 3.8) is 0 Å². The van der Waals surface area contributed by atoms with E-state index in [1.807, 2.05) is 31.2 Å². The molecular weight excluding hydrogens is 218 g/mol. The maximum Gasteiger partial charge on any atom is 0.145 e. The van der Waals surface area contributed by atoms with E-state index in [2.05, 4.69) is 14.9 Å². The van der Waals surface area contributed by atoms with Crippen molar-refractivity contribution in [1.29, 1.82) is 0 Å². The third kappa shape index (κ3) is 3.04. The molecule has 0 spiro atoms. The Morgan fingerprint density at radius 2 is 2.24 bits per heavy atom. The first-order valence-corrected chi connectivity index (χ1v) is 5.49. The fraction of sp³-hybridized carbons (Fsp3) is 0.333. The van der Waals surface area contributed by atoms with Crippen LogP contribution in [-0.4, -0.2) is 16.9 Å². The van der Waals surface area contributed by atoms with Crippen molar-refractivity contribution in [2.75, 3.05) is 6.54 Å². The van der Waals surface area contributed by atoms with Crippen LogP contribution in [0.25, 0.3) is 0 Å². The highest BCUT2D eigenvalue weighted by atomic mass is 16.6. The Morgan fingerprint density at radius 1 is 1.35 bits per heavy atom. The van der Waals surface area contributed by atoms with Crippen molar-refractivity contribution in [3.05, 3.63) is 41.2 Å². The number of hydrogen-bond acceptors (Lipinski definition) is 5. The Bertz CT molecular complexity index is 482. The molecule has 1 aromatic heterocycles. The number of aromatic nitrogens is 2. The average Bonchev–Trinajstić information content (AvgIpc) is 2.73. The van der Waals surface area contributed by atoms with Gasteiger partial charge in [-0.25, -0.2) is 4.63 Å². The van der Waals surface area contributed by atoms with Gasteiger partial charge in [0.05, 0.1) is 0 Å². The van der Waals surface area contributed by atoms with Crippen molar-refractivity contribution >= 4 is 0 Å². The van der Waals surface area contributed by atoms with Gasteiger partial charge in [0.15, 0.2) is 0 Å². The van der Waals surface area contributed by atoms with E-state index >= 15 is 0 Å². The van der Waals surface area contributed by atoms with Crippen LogP contribution >= 0.6 is 0 Å². The van der Waals surface area contributed by atoms with Gasteiger partial charge in [0, 0.05) is 0 Å². The molecule has 0 aliphatic rings. The second-order valence-electron chi connectivity index (χ2n) is 3.77. The lowest BCUT2D eigenvalue weighted by Crippen LogP contribution is -2.03. The summed E-state index contributed by atoms with van der Waals surface area (Å²) in [6.07, 6.45) is 0.849. The first-order chi connectivity index (χ1) is 8.29. The van der Waals surface area contributed by atoms with Crippen molar-refractivity contribution in [3.8, 4) is 5.75 Å². The molecule has 0 aliphatic heterocycles. The quantitative estimate of drug-likeness (QED) is 0.846. The maximum absolute atomic E-state index is 5.61. The summed E-state index contributed by atoms with van der Waals surface area (Å²) in [5.74, 6) is 0.804. The zero-order valence-corrected chi connectivity index (χ0v) is 9.72. The van der Waals surface area contributed by atoms with E-state index in [1.54, 1.807) is 0 Å².